The lowest BCUT2D eigenvalue weighted by Gasteiger charge is -2.11. The van der Waals surface area contributed by atoms with Crippen LogP contribution in [0.5, 0.6) is 0 Å². The number of carbonyl (C=O) groups is 2. The van der Waals surface area contributed by atoms with Crippen molar-refractivity contribution in [3.05, 3.63) is 99.1 Å². The highest BCUT2D eigenvalue weighted by Crippen LogP contribution is 2.13. The van der Waals surface area contributed by atoms with Crippen LogP contribution in [-0.4, -0.2) is 11.8 Å². The summed E-state index contributed by atoms with van der Waals surface area (Å²) in [6, 6.07) is 20.1. The van der Waals surface area contributed by atoms with Gasteiger partial charge in [0.05, 0.1) is 18.4 Å². The summed E-state index contributed by atoms with van der Waals surface area (Å²) >= 11 is 2.09. The maximum atomic E-state index is 12.7. The zero-order valence-corrected chi connectivity index (χ0v) is 16.5. The van der Waals surface area contributed by atoms with Crippen molar-refractivity contribution < 1.29 is 14.0 Å². The van der Waals surface area contributed by atoms with Crippen LogP contribution in [0.3, 0.4) is 0 Å². The first kappa shape index (κ1) is 18.9. The maximum absolute atomic E-state index is 12.7. The Hall–Kier alpha value is -2.87. The number of benzene rings is 2. The normalized spacial score (nSPS) is 11.1. The van der Waals surface area contributed by atoms with Gasteiger partial charge in [-0.05, 0) is 58.5 Å². The van der Waals surface area contributed by atoms with E-state index in [0.29, 0.717) is 11.3 Å². The summed E-state index contributed by atoms with van der Waals surface area (Å²) in [6.07, 6.45) is 3.19. The second kappa shape index (κ2) is 9.18. The van der Waals surface area contributed by atoms with Gasteiger partial charge in [-0.2, -0.15) is 0 Å². The predicted octanol–water partition coefficient (Wildman–Crippen LogP) is 3.97. The van der Waals surface area contributed by atoms with Gasteiger partial charge >= 0.3 is 0 Å². The topological polar surface area (TPSA) is 71.3 Å². The fourth-order valence-corrected chi connectivity index (χ4v) is 3.02. The highest BCUT2D eigenvalue weighted by Gasteiger charge is 2.16. The number of rotatable bonds is 6. The van der Waals surface area contributed by atoms with Crippen molar-refractivity contribution in [1.82, 2.24) is 10.6 Å². The fraction of sp³-hybridized carbons (Fsp3) is 0.0476. The summed E-state index contributed by atoms with van der Waals surface area (Å²) in [6.45, 7) is 0.233. The van der Waals surface area contributed by atoms with Gasteiger partial charge in [0, 0.05) is 3.57 Å². The zero-order chi connectivity index (χ0) is 19.1. The Morgan fingerprint density at radius 3 is 2.41 bits per heavy atom. The molecule has 0 aliphatic rings. The summed E-state index contributed by atoms with van der Waals surface area (Å²) < 4.78 is 6.03. The fourth-order valence-electron chi connectivity index (χ4n) is 2.39. The summed E-state index contributed by atoms with van der Waals surface area (Å²) in [5, 5.41) is 5.49. The molecule has 3 aromatic rings. The number of nitrogens with one attached hydrogen (secondary N) is 2. The van der Waals surface area contributed by atoms with Gasteiger partial charge < -0.3 is 15.1 Å². The van der Waals surface area contributed by atoms with Gasteiger partial charge in [-0.1, -0.05) is 42.5 Å². The molecule has 0 spiro atoms. The predicted molar refractivity (Wildman–Crippen MR) is 112 cm³/mol. The van der Waals surface area contributed by atoms with E-state index >= 15 is 0 Å². The van der Waals surface area contributed by atoms with E-state index in [1.54, 1.807) is 36.6 Å². The minimum absolute atomic E-state index is 0.164. The van der Waals surface area contributed by atoms with E-state index in [1.165, 1.54) is 0 Å². The van der Waals surface area contributed by atoms with Crippen molar-refractivity contribution in [3.8, 4) is 0 Å². The van der Waals surface area contributed by atoms with Gasteiger partial charge in [-0.15, -0.1) is 0 Å². The van der Waals surface area contributed by atoms with E-state index in [9.17, 15) is 9.59 Å². The Kier molecular flexibility index (Phi) is 6.43. The number of hydrogen-bond donors (Lipinski definition) is 2. The molecular weight excluding hydrogens is 455 g/mol. The molecule has 1 aromatic heterocycles. The van der Waals surface area contributed by atoms with E-state index in [-0.39, 0.29) is 18.1 Å². The molecule has 27 heavy (non-hydrogen) atoms. The Morgan fingerprint density at radius 2 is 1.70 bits per heavy atom. The van der Waals surface area contributed by atoms with Gasteiger partial charge in [-0.25, -0.2) is 0 Å². The number of furan rings is 1. The number of hydrogen-bond acceptors (Lipinski definition) is 3. The van der Waals surface area contributed by atoms with Crippen LogP contribution in [0.25, 0.3) is 6.08 Å². The highest BCUT2D eigenvalue weighted by molar-refractivity contribution is 14.1. The lowest BCUT2D eigenvalue weighted by Crippen LogP contribution is -2.34. The third-order valence-electron chi connectivity index (χ3n) is 3.73. The Balaban J connectivity index is 1.81. The molecule has 6 heteroatoms. The van der Waals surface area contributed by atoms with Crippen LogP contribution < -0.4 is 10.6 Å². The van der Waals surface area contributed by atoms with Crippen molar-refractivity contribution in [2.75, 3.05) is 0 Å². The maximum Gasteiger partial charge on any atom is 0.268 e. The molecule has 0 atom stereocenters. The molecule has 0 saturated carbocycles. The second-order valence-electron chi connectivity index (χ2n) is 5.66. The van der Waals surface area contributed by atoms with Crippen molar-refractivity contribution in [1.29, 1.82) is 0 Å². The molecule has 5 nitrogen and oxygen atoms in total. The van der Waals surface area contributed by atoms with E-state index in [1.807, 2.05) is 42.5 Å². The number of amides is 2. The van der Waals surface area contributed by atoms with Crippen LogP contribution in [0, 0.1) is 3.57 Å². The molecule has 2 amide bonds. The van der Waals surface area contributed by atoms with Crippen LogP contribution in [0.2, 0.25) is 0 Å². The van der Waals surface area contributed by atoms with Gasteiger partial charge in [0.1, 0.15) is 11.5 Å². The highest BCUT2D eigenvalue weighted by atomic mass is 127. The Morgan fingerprint density at radius 1 is 0.963 bits per heavy atom. The molecule has 2 aromatic carbocycles. The summed E-state index contributed by atoms with van der Waals surface area (Å²) in [5.41, 5.74) is 1.48. The van der Waals surface area contributed by atoms with Crippen LogP contribution in [0.4, 0.5) is 0 Å². The van der Waals surface area contributed by atoms with Crippen molar-refractivity contribution >= 4 is 40.5 Å². The first-order valence-corrected chi connectivity index (χ1v) is 9.34. The van der Waals surface area contributed by atoms with Crippen molar-refractivity contribution in [3.63, 3.8) is 0 Å². The third-order valence-corrected chi connectivity index (χ3v) is 4.67. The molecule has 0 bridgehead atoms. The lowest BCUT2D eigenvalue weighted by molar-refractivity contribution is -0.118. The van der Waals surface area contributed by atoms with Gasteiger partial charge in [0.15, 0.2) is 0 Å². The molecule has 0 radical (unpaired) electrons. The summed E-state index contributed by atoms with van der Waals surface area (Å²) in [4.78, 5) is 25.3. The average molecular weight is 472 g/mol. The largest absolute Gasteiger partial charge is 0.467 e. The summed E-state index contributed by atoms with van der Waals surface area (Å²) in [5.74, 6) is -0.101. The first-order chi connectivity index (χ1) is 13.1. The number of carbonyl (C=O) groups excluding carboxylic acids is 2. The standard InChI is InChI=1S/C21H17IN2O3/c22-18-11-5-4-10-17(18)20(25)24-19(13-15-7-2-1-3-8-15)21(26)23-14-16-9-6-12-27-16/h1-13H,14H2,(H,23,26)(H,24,25)/b19-13-. The Labute approximate surface area is 170 Å². The van der Waals surface area contributed by atoms with E-state index in [4.69, 9.17) is 4.42 Å². The third kappa shape index (κ3) is 5.30. The molecule has 3 rings (SSSR count). The van der Waals surface area contributed by atoms with Crippen molar-refractivity contribution in [2.45, 2.75) is 6.54 Å². The van der Waals surface area contributed by atoms with Crippen LogP contribution in [0.15, 0.2) is 83.1 Å². The summed E-state index contributed by atoms with van der Waals surface area (Å²) in [7, 11) is 0. The SMILES string of the molecule is O=C(NCc1ccco1)/C(=C/c1ccccc1)NC(=O)c1ccccc1I. The minimum atomic E-state index is -0.394. The van der Waals surface area contributed by atoms with Gasteiger partial charge in [-0.3, -0.25) is 9.59 Å². The first-order valence-electron chi connectivity index (χ1n) is 8.26. The average Bonchev–Trinajstić information content (AvgIpc) is 3.20. The van der Waals surface area contributed by atoms with Crippen LogP contribution >= 0.6 is 22.6 Å². The Bertz CT molecular complexity index is 951. The molecule has 0 fully saturated rings. The zero-order valence-electron chi connectivity index (χ0n) is 14.3. The lowest BCUT2D eigenvalue weighted by atomic mass is 10.1. The molecule has 0 aliphatic carbocycles. The van der Waals surface area contributed by atoms with Crippen LogP contribution in [0.1, 0.15) is 21.7 Å². The smallest absolute Gasteiger partial charge is 0.268 e. The molecule has 136 valence electrons. The van der Waals surface area contributed by atoms with E-state index < -0.39 is 5.91 Å². The molecular formula is C21H17IN2O3. The monoisotopic (exact) mass is 472 g/mol. The van der Waals surface area contributed by atoms with E-state index in [2.05, 4.69) is 33.2 Å². The van der Waals surface area contributed by atoms with E-state index in [0.717, 1.165) is 9.13 Å². The molecule has 1 heterocycles. The van der Waals surface area contributed by atoms with Crippen LogP contribution in [-0.2, 0) is 11.3 Å². The molecule has 0 unspecified atom stereocenters. The quantitative estimate of drug-likeness (QED) is 0.422. The molecule has 2 N–H and O–H groups in total. The van der Waals surface area contributed by atoms with Crippen molar-refractivity contribution in [2.24, 2.45) is 0 Å². The number of halogens is 1. The van der Waals surface area contributed by atoms with Gasteiger partial charge in [0.2, 0.25) is 0 Å². The van der Waals surface area contributed by atoms with Gasteiger partial charge in [0.25, 0.3) is 11.8 Å². The molecule has 0 aliphatic heterocycles. The molecule has 0 saturated heterocycles. The minimum Gasteiger partial charge on any atom is -0.467 e. The second-order valence-corrected chi connectivity index (χ2v) is 6.83.